The summed E-state index contributed by atoms with van der Waals surface area (Å²) in [6, 6.07) is 0.209. The average Bonchev–Trinajstić information content (AvgIpc) is 2.69. The van der Waals surface area contributed by atoms with Crippen molar-refractivity contribution < 1.29 is 4.79 Å². The van der Waals surface area contributed by atoms with Crippen LogP contribution >= 0.6 is 0 Å². The number of amides is 1. The normalized spacial score (nSPS) is 14.4. The number of aromatic nitrogens is 2. The number of nitrogens with zero attached hydrogens (tertiary/aromatic N) is 1. The van der Waals surface area contributed by atoms with E-state index in [2.05, 4.69) is 15.3 Å². The molecule has 0 spiro atoms. The lowest BCUT2D eigenvalue weighted by molar-refractivity contribution is -0.119. The summed E-state index contributed by atoms with van der Waals surface area (Å²) >= 11 is 0. The monoisotopic (exact) mass is 224 g/mol. The van der Waals surface area contributed by atoms with E-state index >= 15 is 0 Å². The van der Waals surface area contributed by atoms with Crippen molar-refractivity contribution in [1.82, 2.24) is 9.97 Å². The molecule has 0 aliphatic carbocycles. The minimum Gasteiger partial charge on any atom is -0.331 e. The van der Waals surface area contributed by atoms with Crippen molar-refractivity contribution in [3.8, 4) is 0 Å². The van der Waals surface area contributed by atoms with Crippen LogP contribution in [-0.4, -0.2) is 21.9 Å². The number of imidazole rings is 1. The molecule has 0 fully saturated rings. The number of H-pyrrole nitrogens is 1. The Labute approximate surface area is 95.8 Å². The van der Waals surface area contributed by atoms with Crippen LogP contribution in [0.1, 0.15) is 33.1 Å². The number of aromatic amines is 1. The summed E-state index contributed by atoms with van der Waals surface area (Å²) in [6.45, 7) is 3.90. The smallest absolute Gasteiger partial charge is 0.229 e. The molecule has 5 heteroatoms. The van der Waals surface area contributed by atoms with Crippen molar-refractivity contribution in [3.05, 3.63) is 12.4 Å². The van der Waals surface area contributed by atoms with Gasteiger partial charge < -0.3 is 10.7 Å². The van der Waals surface area contributed by atoms with Crippen molar-refractivity contribution in [3.63, 3.8) is 0 Å². The van der Waals surface area contributed by atoms with Crippen LogP contribution in [-0.2, 0) is 4.79 Å². The zero-order chi connectivity index (χ0) is 12.0. The number of nitrogens with two attached hydrogens (primary N) is 1. The highest BCUT2D eigenvalue weighted by atomic mass is 16.2. The van der Waals surface area contributed by atoms with Gasteiger partial charge in [-0.3, -0.25) is 10.1 Å². The molecule has 1 aromatic rings. The Morgan fingerprint density at radius 2 is 2.31 bits per heavy atom. The first-order valence-corrected chi connectivity index (χ1v) is 5.65. The lowest BCUT2D eigenvalue weighted by Crippen LogP contribution is -2.22. The molecule has 1 amide bonds. The Bertz CT molecular complexity index is 308. The molecule has 0 saturated carbocycles. The third-order valence-corrected chi connectivity index (χ3v) is 2.48. The largest absolute Gasteiger partial charge is 0.331 e. The van der Waals surface area contributed by atoms with Crippen LogP contribution < -0.4 is 11.1 Å². The number of anilines is 1. The zero-order valence-corrected chi connectivity index (χ0v) is 9.86. The van der Waals surface area contributed by atoms with Gasteiger partial charge in [-0.15, -0.1) is 0 Å². The number of rotatable bonds is 6. The summed E-state index contributed by atoms with van der Waals surface area (Å²) in [4.78, 5) is 18.5. The predicted molar refractivity (Wildman–Crippen MR) is 63.9 cm³/mol. The fourth-order valence-corrected chi connectivity index (χ4v) is 1.45. The molecule has 1 aromatic heterocycles. The number of hydrogen-bond donors (Lipinski definition) is 3. The quantitative estimate of drug-likeness (QED) is 0.684. The first-order chi connectivity index (χ1) is 7.59. The van der Waals surface area contributed by atoms with Crippen LogP contribution in [0.25, 0.3) is 0 Å². The van der Waals surface area contributed by atoms with Crippen molar-refractivity contribution in [1.29, 1.82) is 0 Å². The molecule has 2 unspecified atom stereocenters. The number of hydrogen-bond acceptors (Lipinski definition) is 3. The third-order valence-electron chi connectivity index (χ3n) is 2.48. The summed E-state index contributed by atoms with van der Waals surface area (Å²) in [6.07, 6.45) is 6.07. The maximum atomic E-state index is 11.7. The van der Waals surface area contributed by atoms with E-state index in [1.54, 1.807) is 12.4 Å². The Kier molecular flexibility index (Phi) is 4.98. The number of carbonyl (C=O) groups is 1. The predicted octanol–water partition coefficient (Wildman–Crippen LogP) is 1.50. The summed E-state index contributed by atoms with van der Waals surface area (Å²) in [5.41, 5.74) is 5.65. The van der Waals surface area contributed by atoms with Crippen molar-refractivity contribution in [2.24, 2.45) is 11.7 Å². The molecule has 16 heavy (non-hydrogen) atoms. The van der Waals surface area contributed by atoms with E-state index in [0.717, 1.165) is 19.3 Å². The Hall–Kier alpha value is -1.36. The summed E-state index contributed by atoms with van der Waals surface area (Å²) in [5.74, 6) is 0.493. The van der Waals surface area contributed by atoms with Gasteiger partial charge in [-0.1, -0.05) is 13.3 Å². The summed E-state index contributed by atoms with van der Waals surface area (Å²) in [7, 11) is 0. The van der Waals surface area contributed by atoms with Crippen molar-refractivity contribution in [2.45, 2.75) is 39.2 Å². The third kappa shape index (κ3) is 4.44. The van der Waals surface area contributed by atoms with Gasteiger partial charge in [0.25, 0.3) is 0 Å². The van der Waals surface area contributed by atoms with E-state index < -0.39 is 0 Å². The molecule has 0 bridgehead atoms. The van der Waals surface area contributed by atoms with Crippen LogP contribution in [0.15, 0.2) is 12.4 Å². The highest BCUT2D eigenvalue weighted by Crippen LogP contribution is 2.11. The molecule has 0 radical (unpaired) electrons. The molecule has 5 nitrogen and oxygen atoms in total. The van der Waals surface area contributed by atoms with Crippen LogP contribution in [0, 0.1) is 5.92 Å². The van der Waals surface area contributed by atoms with Gasteiger partial charge in [-0.05, 0) is 19.8 Å². The molecule has 4 N–H and O–H groups in total. The minimum atomic E-state index is -0.0103. The van der Waals surface area contributed by atoms with Crippen molar-refractivity contribution >= 4 is 11.9 Å². The lowest BCUT2D eigenvalue weighted by atomic mass is 10.0. The molecule has 90 valence electrons. The van der Waals surface area contributed by atoms with Crippen LogP contribution in [0.3, 0.4) is 0 Å². The number of carbonyl (C=O) groups excluding carboxylic acids is 1. The SMILES string of the molecule is CC(N)CCCC(C)C(=O)Nc1ncc[nH]1. The first-order valence-electron chi connectivity index (χ1n) is 5.65. The molecular weight excluding hydrogens is 204 g/mol. The van der Waals surface area contributed by atoms with Crippen LogP contribution in [0.5, 0.6) is 0 Å². The minimum absolute atomic E-state index is 0.000348. The Morgan fingerprint density at radius 1 is 1.56 bits per heavy atom. The van der Waals surface area contributed by atoms with Gasteiger partial charge in [0.1, 0.15) is 0 Å². The summed E-state index contributed by atoms with van der Waals surface area (Å²) in [5, 5.41) is 2.72. The highest BCUT2D eigenvalue weighted by molar-refractivity contribution is 5.90. The second kappa shape index (κ2) is 6.27. The first kappa shape index (κ1) is 12.7. The number of nitrogens with one attached hydrogen (secondary N) is 2. The second-order valence-electron chi connectivity index (χ2n) is 4.24. The van der Waals surface area contributed by atoms with Gasteiger partial charge in [0, 0.05) is 24.4 Å². The topological polar surface area (TPSA) is 83.8 Å². The van der Waals surface area contributed by atoms with Gasteiger partial charge >= 0.3 is 0 Å². The van der Waals surface area contributed by atoms with E-state index in [4.69, 9.17) is 5.73 Å². The molecule has 0 aromatic carbocycles. The fraction of sp³-hybridized carbons (Fsp3) is 0.636. The standard InChI is InChI=1S/C11H20N4O/c1-8(4-3-5-9(2)12)10(16)15-11-13-6-7-14-11/h6-9H,3-5,12H2,1-2H3,(H2,13,14,15,16). The van der Waals surface area contributed by atoms with Crippen LogP contribution in [0.4, 0.5) is 5.95 Å². The van der Waals surface area contributed by atoms with Gasteiger partial charge in [0.15, 0.2) is 0 Å². The Morgan fingerprint density at radius 3 is 2.88 bits per heavy atom. The lowest BCUT2D eigenvalue weighted by Gasteiger charge is -2.11. The van der Waals surface area contributed by atoms with E-state index in [9.17, 15) is 4.79 Å². The molecule has 1 rings (SSSR count). The molecule has 0 aliphatic heterocycles. The molecule has 1 heterocycles. The fourth-order valence-electron chi connectivity index (χ4n) is 1.45. The van der Waals surface area contributed by atoms with E-state index in [0.29, 0.717) is 5.95 Å². The van der Waals surface area contributed by atoms with E-state index in [-0.39, 0.29) is 17.9 Å². The van der Waals surface area contributed by atoms with Gasteiger partial charge in [0.05, 0.1) is 0 Å². The second-order valence-corrected chi connectivity index (χ2v) is 4.24. The maximum Gasteiger partial charge on any atom is 0.229 e. The molecule has 0 aliphatic rings. The summed E-state index contributed by atoms with van der Waals surface area (Å²) < 4.78 is 0. The maximum absolute atomic E-state index is 11.7. The molecule has 2 atom stereocenters. The van der Waals surface area contributed by atoms with Gasteiger partial charge in [-0.2, -0.15) is 0 Å². The van der Waals surface area contributed by atoms with Crippen molar-refractivity contribution in [2.75, 3.05) is 5.32 Å². The van der Waals surface area contributed by atoms with E-state index in [1.165, 1.54) is 0 Å². The van der Waals surface area contributed by atoms with E-state index in [1.807, 2.05) is 13.8 Å². The molecule has 0 saturated heterocycles. The zero-order valence-electron chi connectivity index (χ0n) is 9.86. The van der Waals surface area contributed by atoms with Crippen LogP contribution in [0.2, 0.25) is 0 Å². The van der Waals surface area contributed by atoms with Gasteiger partial charge in [-0.25, -0.2) is 4.98 Å². The average molecular weight is 224 g/mol. The molecular formula is C11H20N4O. The van der Waals surface area contributed by atoms with Gasteiger partial charge in [0.2, 0.25) is 11.9 Å². The Balaban J connectivity index is 2.25. The highest BCUT2D eigenvalue weighted by Gasteiger charge is 2.13.